The lowest BCUT2D eigenvalue weighted by Gasteiger charge is -2.50. The maximum atomic E-state index is 8.84. The fraction of sp³-hybridized carbons (Fsp3) is 0.708. The molecule has 0 aliphatic heterocycles. The molecule has 4 heteroatoms. The molecule has 3 aliphatic rings. The second-order valence-electron chi connectivity index (χ2n) is 8.94. The van der Waals surface area contributed by atoms with Crippen LogP contribution >= 0.6 is 0 Å². The van der Waals surface area contributed by atoms with Gasteiger partial charge in [-0.05, 0) is 80.2 Å². The largest absolute Gasteiger partial charge is 0.496 e. The SMILES string of the molecule is CCOc1cc2c(c(OC)c1)[C@H]1CC[C@]3(C)[C@@H](OCCC#N)CC[C@H]3[C@@H]1CC2. The standard InChI is InChI=1S/C24H33NO3/c1-4-27-17-14-16-6-7-18-19(23(16)21(15-17)26-3)10-11-24(2)20(18)8-9-22(24)28-13-5-12-25/h14-15,18-20,22H,4-11,13H2,1-3H3/t18-,19+,20+,22+,24+/m1/s1. The summed E-state index contributed by atoms with van der Waals surface area (Å²) in [6.45, 7) is 5.73. The van der Waals surface area contributed by atoms with Crippen molar-refractivity contribution in [2.24, 2.45) is 17.3 Å². The molecular formula is C24H33NO3. The molecule has 1 aromatic rings. The Hall–Kier alpha value is -1.73. The van der Waals surface area contributed by atoms with Gasteiger partial charge in [0.2, 0.25) is 0 Å². The van der Waals surface area contributed by atoms with Crippen molar-refractivity contribution in [3.05, 3.63) is 23.3 Å². The highest BCUT2D eigenvalue weighted by atomic mass is 16.5. The van der Waals surface area contributed by atoms with Crippen molar-refractivity contribution in [3.63, 3.8) is 0 Å². The van der Waals surface area contributed by atoms with E-state index in [4.69, 9.17) is 19.5 Å². The van der Waals surface area contributed by atoms with Crippen LogP contribution in [0.3, 0.4) is 0 Å². The molecule has 0 saturated heterocycles. The first-order chi connectivity index (χ1) is 13.6. The van der Waals surface area contributed by atoms with Crippen LogP contribution in [0.25, 0.3) is 0 Å². The van der Waals surface area contributed by atoms with Crippen molar-refractivity contribution in [1.29, 1.82) is 5.26 Å². The molecule has 28 heavy (non-hydrogen) atoms. The average molecular weight is 384 g/mol. The summed E-state index contributed by atoms with van der Waals surface area (Å²) in [7, 11) is 1.79. The van der Waals surface area contributed by atoms with Gasteiger partial charge in [-0.25, -0.2) is 0 Å². The second kappa shape index (κ2) is 7.95. The van der Waals surface area contributed by atoms with Gasteiger partial charge in [-0.2, -0.15) is 5.26 Å². The van der Waals surface area contributed by atoms with E-state index in [1.54, 1.807) is 7.11 Å². The van der Waals surface area contributed by atoms with Crippen LogP contribution in [0.5, 0.6) is 11.5 Å². The molecule has 4 rings (SSSR count). The predicted octanol–water partition coefficient (Wildman–Crippen LogP) is 5.25. The third-order valence-corrected chi connectivity index (χ3v) is 7.73. The zero-order chi connectivity index (χ0) is 19.7. The molecule has 0 aromatic heterocycles. The molecule has 1 aromatic carbocycles. The molecule has 0 N–H and O–H groups in total. The van der Waals surface area contributed by atoms with E-state index in [1.165, 1.54) is 36.8 Å². The van der Waals surface area contributed by atoms with Crippen molar-refractivity contribution in [2.45, 2.75) is 70.8 Å². The smallest absolute Gasteiger partial charge is 0.126 e. The molecule has 152 valence electrons. The van der Waals surface area contributed by atoms with E-state index < -0.39 is 0 Å². The van der Waals surface area contributed by atoms with Crippen LogP contribution in [0, 0.1) is 28.6 Å². The molecule has 5 atom stereocenters. The number of aryl methyl sites for hydroxylation is 1. The normalized spacial score (nSPS) is 33.4. The highest BCUT2D eigenvalue weighted by molar-refractivity contribution is 5.50. The van der Waals surface area contributed by atoms with Crippen LogP contribution in [-0.2, 0) is 11.2 Å². The van der Waals surface area contributed by atoms with Crippen molar-refractivity contribution in [1.82, 2.24) is 0 Å². The maximum Gasteiger partial charge on any atom is 0.126 e. The van der Waals surface area contributed by atoms with E-state index in [0.717, 1.165) is 24.3 Å². The highest BCUT2D eigenvalue weighted by Gasteiger charge is 2.55. The molecule has 0 spiro atoms. The summed E-state index contributed by atoms with van der Waals surface area (Å²) < 4.78 is 17.8. The summed E-state index contributed by atoms with van der Waals surface area (Å²) in [5.74, 6) is 3.96. The molecule has 2 fully saturated rings. The van der Waals surface area contributed by atoms with Crippen LogP contribution < -0.4 is 9.47 Å². The van der Waals surface area contributed by atoms with Gasteiger partial charge in [0, 0.05) is 11.6 Å². The number of nitrogens with zero attached hydrogens (tertiary/aromatic N) is 1. The van der Waals surface area contributed by atoms with Gasteiger partial charge in [-0.3, -0.25) is 0 Å². The Bertz CT molecular complexity index is 738. The highest BCUT2D eigenvalue weighted by Crippen LogP contribution is 2.62. The average Bonchev–Trinajstić information content (AvgIpc) is 3.04. The maximum absolute atomic E-state index is 8.84. The van der Waals surface area contributed by atoms with Crippen molar-refractivity contribution in [2.75, 3.05) is 20.3 Å². The van der Waals surface area contributed by atoms with E-state index in [0.29, 0.717) is 43.5 Å². The molecule has 3 aliphatic carbocycles. The Morgan fingerprint density at radius 1 is 1.21 bits per heavy atom. The van der Waals surface area contributed by atoms with Gasteiger partial charge in [-0.1, -0.05) is 6.92 Å². The Balaban J connectivity index is 1.59. The monoisotopic (exact) mass is 383 g/mol. The van der Waals surface area contributed by atoms with Crippen LogP contribution in [0.2, 0.25) is 0 Å². The Labute approximate surface area is 169 Å². The summed E-state index contributed by atoms with van der Waals surface area (Å²) in [6.07, 6.45) is 7.97. The van der Waals surface area contributed by atoms with Gasteiger partial charge < -0.3 is 14.2 Å². The topological polar surface area (TPSA) is 51.5 Å². The molecule has 0 heterocycles. The Kier molecular flexibility index (Phi) is 5.56. The summed E-state index contributed by atoms with van der Waals surface area (Å²) in [5, 5.41) is 8.84. The first-order valence-corrected chi connectivity index (χ1v) is 10.9. The van der Waals surface area contributed by atoms with E-state index in [1.807, 2.05) is 6.92 Å². The van der Waals surface area contributed by atoms with Crippen LogP contribution in [0.4, 0.5) is 0 Å². The molecule has 0 amide bonds. The summed E-state index contributed by atoms with van der Waals surface area (Å²) in [5.41, 5.74) is 3.12. The van der Waals surface area contributed by atoms with E-state index >= 15 is 0 Å². The summed E-state index contributed by atoms with van der Waals surface area (Å²) in [4.78, 5) is 0. The minimum atomic E-state index is 0.257. The lowest BCUT2D eigenvalue weighted by atomic mass is 9.55. The minimum Gasteiger partial charge on any atom is -0.496 e. The lowest BCUT2D eigenvalue weighted by molar-refractivity contribution is -0.0625. The third-order valence-electron chi connectivity index (χ3n) is 7.73. The summed E-state index contributed by atoms with van der Waals surface area (Å²) in [6, 6.07) is 6.54. The van der Waals surface area contributed by atoms with Gasteiger partial charge >= 0.3 is 0 Å². The number of nitriles is 1. The Morgan fingerprint density at radius 2 is 2.07 bits per heavy atom. The Morgan fingerprint density at radius 3 is 2.82 bits per heavy atom. The van der Waals surface area contributed by atoms with Crippen molar-refractivity contribution < 1.29 is 14.2 Å². The molecule has 2 saturated carbocycles. The van der Waals surface area contributed by atoms with E-state index in [-0.39, 0.29) is 5.41 Å². The fourth-order valence-corrected chi connectivity index (χ4v) is 6.55. The summed E-state index contributed by atoms with van der Waals surface area (Å²) >= 11 is 0. The van der Waals surface area contributed by atoms with Gasteiger partial charge in [0.15, 0.2) is 0 Å². The number of hydrogen-bond donors (Lipinski definition) is 0. The number of hydrogen-bond acceptors (Lipinski definition) is 4. The van der Waals surface area contributed by atoms with Crippen LogP contribution in [0.1, 0.15) is 69.4 Å². The first-order valence-electron chi connectivity index (χ1n) is 10.9. The molecular weight excluding hydrogens is 350 g/mol. The van der Waals surface area contributed by atoms with Gasteiger partial charge in [0.05, 0.1) is 38.9 Å². The number of rotatable bonds is 6. The lowest BCUT2D eigenvalue weighted by Crippen LogP contribution is -2.44. The molecule has 0 radical (unpaired) electrons. The molecule has 4 nitrogen and oxygen atoms in total. The zero-order valence-electron chi connectivity index (χ0n) is 17.5. The predicted molar refractivity (Wildman–Crippen MR) is 109 cm³/mol. The van der Waals surface area contributed by atoms with Gasteiger partial charge in [-0.15, -0.1) is 0 Å². The number of fused-ring (bicyclic) bond motifs is 5. The molecule has 0 bridgehead atoms. The fourth-order valence-electron chi connectivity index (χ4n) is 6.55. The van der Waals surface area contributed by atoms with E-state index in [9.17, 15) is 0 Å². The van der Waals surface area contributed by atoms with Crippen molar-refractivity contribution in [3.8, 4) is 17.6 Å². The quantitative estimate of drug-likeness (QED) is 0.630. The van der Waals surface area contributed by atoms with Gasteiger partial charge in [0.25, 0.3) is 0 Å². The number of ether oxygens (including phenoxy) is 3. The van der Waals surface area contributed by atoms with Crippen molar-refractivity contribution >= 4 is 0 Å². The van der Waals surface area contributed by atoms with Crippen LogP contribution in [-0.4, -0.2) is 26.4 Å². The van der Waals surface area contributed by atoms with Crippen LogP contribution in [0.15, 0.2) is 12.1 Å². The first kappa shape index (κ1) is 19.6. The van der Waals surface area contributed by atoms with Gasteiger partial charge in [0.1, 0.15) is 11.5 Å². The number of methoxy groups -OCH3 is 1. The second-order valence-corrected chi connectivity index (χ2v) is 8.94. The third kappa shape index (κ3) is 3.18. The minimum absolute atomic E-state index is 0.257. The molecule has 0 unspecified atom stereocenters. The van der Waals surface area contributed by atoms with E-state index in [2.05, 4.69) is 25.1 Å². The number of benzene rings is 1. The zero-order valence-corrected chi connectivity index (χ0v) is 17.5.